The molecule has 0 aliphatic heterocycles. The zero-order valence-corrected chi connectivity index (χ0v) is 103. The Bertz CT molecular complexity index is 1660. The summed E-state index contributed by atoms with van der Waals surface area (Å²) in [5.74, 6) is 0. The van der Waals surface area contributed by atoms with Crippen molar-refractivity contribution in [1.82, 2.24) is 77.7 Å². The average Bonchev–Trinajstić information content (AvgIpc) is 0.910. The van der Waals surface area contributed by atoms with Crippen molar-refractivity contribution >= 4 is 41.2 Å². The van der Waals surface area contributed by atoms with E-state index < -0.39 is 41.2 Å². The van der Waals surface area contributed by atoms with Crippen LogP contribution in [-0.2, 0) is 83.9 Å². The molecule has 121 heavy (non-hydrogen) atoms. The van der Waals surface area contributed by atoms with Gasteiger partial charge >= 0.3 is 83.9 Å². The summed E-state index contributed by atoms with van der Waals surface area (Å²) < 4.78 is 0. The van der Waals surface area contributed by atoms with Crippen LogP contribution in [0.3, 0.4) is 0 Å². The molecule has 10 N–H and O–H groups in total. The van der Waals surface area contributed by atoms with E-state index in [0.29, 0.717) is 72.5 Å². The van der Waals surface area contributed by atoms with Crippen LogP contribution in [0.25, 0.3) is 24.9 Å². The number of nitrogens with one attached hydrogen (secondary N) is 10. The molecule has 0 heterocycles. The minimum absolute atomic E-state index is 0. The molecule has 30 heteroatoms. The number of hydrogen-bond acceptors (Lipinski definition) is 15. The van der Waals surface area contributed by atoms with Gasteiger partial charge in [-0.3, -0.25) is 0 Å². The van der Waals surface area contributed by atoms with Crippen molar-refractivity contribution in [1.29, 1.82) is 0 Å². The van der Waals surface area contributed by atoms with Crippen molar-refractivity contribution in [3.63, 3.8) is 0 Å². The van der Waals surface area contributed by atoms with E-state index in [2.05, 4.69) is 437 Å². The minimum atomic E-state index is -1.13. The molecular formula is C91H232Co5N20Si5+5. The van der Waals surface area contributed by atoms with Gasteiger partial charge in [0, 0.05) is 83.6 Å². The van der Waals surface area contributed by atoms with Crippen LogP contribution in [0.5, 0.6) is 0 Å². The summed E-state index contributed by atoms with van der Waals surface area (Å²) >= 11 is 0. The van der Waals surface area contributed by atoms with Crippen molar-refractivity contribution in [2.75, 3.05) is 176 Å². The monoisotopic (exact) mass is 2040 g/mol. The molecule has 0 amide bonds. The van der Waals surface area contributed by atoms with Crippen LogP contribution in [-0.4, -0.2) is 325 Å². The van der Waals surface area contributed by atoms with Gasteiger partial charge in [-0.1, -0.05) is 195 Å². The zero-order valence-electron chi connectivity index (χ0n) is 92.4. The Hall–Kier alpha value is 2.82. The fraction of sp³-hybridized carbons (Fsp3) is 0.945. The fourth-order valence-corrected chi connectivity index (χ4v) is 14.4. The third kappa shape index (κ3) is 204. The first-order valence-electron chi connectivity index (χ1n) is 44.1. The number of hydrogen-bond donors (Lipinski definition) is 10. The summed E-state index contributed by atoms with van der Waals surface area (Å²) in [5.41, 5.74) is 0.418. The predicted octanol–water partition coefficient (Wildman–Crippen LogP) is 20.2. The SMILES string of the molecule is CC(C)NC(C)CC(C)NC(C)C.CC(CC(C)NC(C)(C)C)NC(C)(C)C.CCCNC(C)CC(C)NCCC.CCNC(C)CC(C)NCC.CN(C)CC[N-][Si](C)(C)C.CN(C)CC[N-][Si](C)(C)C.CN(C)CC[N-][Si](C)(C)C.CN(C)CC[N-][Si](C)(C)C.CN(C)CC[N-][Si](C)(C)C.CNC(C)CC(C)NC.[CH3-].[CH3-].[CH3-].[CH3-].[CH3-].[Co+3].[Co+3].[Co+3].[Co+3].[Co+3]. The maximum absolute atomic E-state index is 4.59. The Morgan fingerprint density at radius 1 is 0.264 bits per heavy atom. The Kier molecular flexibility index (Phi) is 150. The second kappa shape index (κ2) is 105. The first-order chi connectivity index (χ1) is 50.1. The molecule has 0 aromatic rings. The predicted molar refractivity (Wildman–Crippen MR) is 565 cm³/mol. The van der Waals surface area contributed by atoms with E-state index >= 15 is 0 Å². The average molecular weight is 2040 g/mol. The van der Waals surface area contributed by atoms with E-state index in [1.807, 2.05) is 14.1 Å². The summed E-state index contributed by atoms with van der Waals surface area (Å²) in [6.45, 7) is 102. The van der Waals surface area contributed by atoms with Crippen LogP contribution >= 0.6 is 0 Å². The first-order valence-corrected chi connectivity index (χ1v) is 61.4. The van der Waals surface area contributed by atoms with Crippen molar-refractivity contribution in [2.24, 2.45) is 0 Å². The van der Waals surface area contributed by atoms with E-state index in [1.54, 1.807) is 0 Å². The van der Waals surface area contributed by atoms with E-state index in [9.17, 15) is 0 Å². The van der Waals surface area contributed by atoms with Crippen molar-refractivity contribution in [3.8, 4) is 0 Å². The first kappa shape index (κ1) is 173. The van der Waals surface area contributed by atoms with Gasteiger partial charge in [-0.05, 0) is 299 Å². The molecule has 0 aromatic carbocycles. The Morgan fingerprint density at radius 3 is 0.570 bits per heavy atom. The van der Waals surface area contributed by atoms with Gasteiger partial charge in [0.25, 0.3) is 0 Å². The van der Waals surface area contributed by atoms with Crippen LogP contribution in [0.1, 0.15) is 211 Å². The molecule has 10 atom stereocenters. The van der Waals surface area contributed by atoms with Crippen LogP contribution in [0, 0.1) is 37.1 Å². The van der Waals surface area contributed by atoms with Crippen LogP contribution < -0.4 is 53.2 Å². The standard InChI is InChI=1S/C13H30N2.2C11H26N2.C9H22N2.5C7H19N2Si.C7H18N2.5CH3.5Co/c1-10(14-12(3,4)5)9-11(2)15-13(6,7)8;1-8(2)12-10(5)7-11(6)13-9(3)4;1-5-7-12-10(3)9-11(4)13-8-6-2;1-5-10-8(3)7-9(4)11-6-2;5*1-9(2)7-6-8-10(3,4)5;1-6(8-3)5-7(2)9-4;;;;;;;;;;/h10-11,14-15H,9H2,1-8H3;8-13H,7H2,1-6H3;10-13H,5-9H2,1-4H3;8-11H,5-7H2,1-4H3;5*6-7H2,1-5H3;6-9H,5H2,1-4H3;5*1H3;;;;;/q;;;;5*-1;;5*-1;5*+3. The van der Waals surface area contributed by atoms with E-state index in [0.717, 1.165) is 98.0 Å². The molecule has 0 radical (unpaired) electrons. The van der Waals surface area contributed by atoms with Gasteiger partial charge in [-0.15, -0.1) is 32.7 Å². The molecular weight excluding hydrogens is 1810 g/mol. The van der Waals surface area contributed by atoms with Crippen molar-refractivity contribution in [3.05, 3.63) is 62.0 Å². The number of rotatable bonds is 48. The van der Waals surface area contributed by atoms with Gasteiger partial charge in [0.15, 0.2) is 0 Å². The normalized spacial score (nSPS) is 13.6. The smallest absolute Gasteiger partial charge is 0.664 e. The van der Waals surface area contributed by atoms with E-state index in [-0.39, 0.29) is 132 Å². The third-order valence-corrected chi connectivity index (χ3v) is 21.2. The molecule has 0 spiro atoms. The quantitative estimate of drug-likeness (QED) is 0.0203. The van der Waals surface area contributed by atoms with Crippen LogP contribution in [0.15, 0.2) is 0 Å². The summed E-state index contributed by atoms with van der Waals surface area (Å²) in [6, 6.07) is 7.25. The molecule has 20 nitrogen and oxygen atoms in total. The molecule has 0 bridgehead atoms. The molecule has 756 valence electrons. The van der Waals surface area contributed by atoms with Crippen LogP contribution in [0.2, 0.25) is 98.2 Å². The molecule has 0 fully saturated rings. The van der Waals surface area contributed by atoms with Gasteiger partial charge in [-0.2, -0.15) is 0 Å². The van der Waals surface area contributed by atoms with E-state index in [4.69, 9.17) is 0 Å². The summed E-state index contributed by atoms with van der Waals surface area (Å²) in [5, 5.41) is 34.4. The van der Waals surface area contributed by atoms with Gasteiger partial charge < -0.3 is 140 Å². The van der Waals surface area contributed by atoms with Crippen molar-refractivity contribution < 1.29 is 83.9 Å². The summed E-state index contributed by atoms with van der Waals surface area (Å²) in [6.07, 6.45) is 8.42. The molecule has 0 saturated heterocycles. The number of nitrogens with zero attached hydrogens (tertiary/aromatic N) is 10. The third-order valence-electron chi connectivity index (χ3n) is 15.4. The van der Waals surface area contributed by atoms with Gasteiger partial charge in [0.2, 0.25) is 0 Å². The largest absolute Gasteiger partial charge is 3.00 e. The van der Waals surface area contributed by atoms with Crippen LogP contribution in [0.4, 0.5) is 0 Å². The molecule has 0 aliphatic rings. The van der Waals surface area contributed by atoms with Gasteiger partial charge in [-0.25, -0.2) is 0 Å². The molecule has 10 unspecified atom stereocenters. The Morgan fingerprint density at radius 2 is 0.430 bits per heavy atom. The summed E-state index contributed by atoms with van der Waals surface area (Å²) in [7, 11) is 19.2. The fourth-order valence-electron chi connectivity index (χ4n) is 10.5. The Labute approximate surface area is 827 Å². The number of likely N-dealkylation sites (N-methyl/N-ethyl adjacent to an activating group) is 5. The second-order valence-corrected chi connectivity index (χ2v) is 63.8. The summed E-state index contributed by atoms with van der Waals surface area (Å²) in [4.78, 5) is 33.8. The molecule has 0 rings (SSSR count). The van der Waals surface area contributed by atoms with Gasteiger partial charge in [0.1, 0.15) is 0 Å². The molecule has 0 saturated carbocycles. The molecule has 0 aromatic heterocycles. The van der Waals surface area contributed by atoms with E-state index in [1.165, 1.54) is 38.5 Å². The van der Waals surface area contributed by atoms with Gasteiger partial charge in [0.05, 0.1) is 0 Å². The van der Waals surface area contributed by atoms with Crippen molar-refractivity contribution in [2.45, 2.75) is 393 Å². The maximum atomic E-state index is 4.59. The zero-order chi connectivity index (χ0) is 89.8. The topological polar surface area (TPSA) is 207 Å². The minimum Gasteiger partial charge on any atom is -0.664 e. The molecule has 0 aliphatic carbocycles. The Balaban J connectivity index is -0.0000000517. The second-order valence-electron chi connectivity index (χ2n) is 40.5. The maximum Gasteiger partial charge on any atom is 3.00 e.